The van der Waals surface area contributed by atoms with E-state index in [1.54, 1.807) is 0 Å². The van der Waals surface area contributed by atoms with E-state index in [4.69, 9.17) is 13.9 Å². The van der Waals surface area contributed by atoms with E-state index in [-0.39, 0.29) is 51.8 Å². The van der Waals surface area contributed by atoms with Crippen LogP contribution in [0.1, 0.15) is 54.9 Å². The first-order valence-electron chi connectivity index (χ1n) is 10.9. The summed E-state index contributed by atoms with van der Waals surface area (Å²) < 4.78 is 21.3. The van der Waals surface area contributed by atoms with Gasteiger partial charge in [0.05, 0.1) is 37.2 Å². The molecule has 12 nitrogen and oxygen atoms in total. The highest BCUT2D eigenvalue weighted by atomic mass is 16.7. The number of benzene rings is 2. The van der Waals surface area contributed by atoms with Gasteiger partial charge < -0.3 is 39.1 Å². The van der Waals surface area contributed by atoms with Crippen molar-refractivity contribution in [1.82, 2.24) is 0 Å². The van der Waals surface area contributed by atoms with Crippen molar-refractivity contribution in [2.75, 3.05) is 7.11 Å². The third-order valence-electron chi connectivity index (χ3n) is 6.66. The van der Waals surface area contributed by atoms with E-state index in [0.717, 1.165) is 19.3 Å². The lowest BCUT2D eigenvalue weighted by Gasteiger charge is -2.37. The standard InChI is InChI=1S/C25H16O12/c1-34-23(32)14-5-8-4-9-13(28)7-25(36-21(9)19(30)15(8)24(33)35-14)6-10-18(29)16-11(26)2-3-12(27)17(16)20(31)22(10)37-25/h2-5,13,28-31H,6-7H2,1H3/t13-,25-/m1/s1. The molecule has 0 bridgehead atoms. The Morgan fingerprint density at radius 3 is 2.30 bits per heavy atom. The summed E-state index contributed by atoms with van der Waals surface area (Å²) in [5, 5.41) is 43.2. The number of phenolic OH excluding ortho intramolecular Hbond substituents is 3. The zero-order valence-corrected chi connectivity index (χ0v) is 18.9. The number of rotatable bonds is 1. The number of carbonyl (C=O) groups excluding carboxylic acids is 3. The second kappa shape index (κ2) is 7.34. The van der Waals surface area contributed by atoms with Crippen LogP contribution in [0.5, 0.6) is 28.7 Å². The first-order valence-corrected chi connectivity index (χ1v) is 10.9. The molecule has 0 unspecified atom stereocenters. The maximum Gasteiger partial charge on any atom is 0.374 e. The second-order valence-electron chi connectivity index (χ2n) is 8.83. The number of aliphatic hydroxyl groups is 1. The van der Waals surface area contributed by atoms with Crippen LogP contribution < -0.4 is 15.1 Å². The minimum Gasteiger partial charge on any atom is -0.507 e. The zero-order chi connectivity index (χ0) is 26.4. The number of fused-ring (bicyclic) bond motifs is 4. The summed E-state index contributed by atoms with van der Waals surface area (Å²) in [5.41, 5.74) is -1.84. The number of aliphatic hydroxyl groups excluding tert-OH is 1. The van der Waals surface area contributed by atoms with E-state index in [2.05, 4.69) is 4.74 Å². The van der Waals surface area contributed by atoms with Gasteiger partial charge in [-0.2, -0.15) is 0 Å². The van der Waals surface area contributed by atoms with Crippen LogP contribution in [0.3, 0.4) is 0 Å². The predicted molar refractivity (Wildman–Crippen MR) is 120 cm³/mol. The number of ketones is 2. The molecule has 3 aliphatic rings. The third-order valence-corrected chi connectivity index (χ3v) is 6.66. The van der Waals surface area contributed by atoms with Crippen LogP contribution in [-0.4, -0.2) is 50.9 Å². The van der Waals surface area contributed by atoms with Crippen molar-refractivity contribution in [3.05, 3.63) is 62.7 Å². The zero-order valence-electron chi connectivity index (χ0n) is 18.9. The minimum atomic E-state index is -1.79. The predicted octanol–water partition coefficient (Wildman–Crippen LogP) is 1.78. The molecule has 4 N–H and O–H groups in total. The van der Waals surface area contributed by atoms with Gasteiger partial charge in [-0.1, -0.05) is 0 Å². The first-order chi connectivity index (χ1) is 17.5. The molecule has 0 amide bonds. The van der Waals surface area contributed by atoms with Crippen molar-refractivity contribution in [3.63, 3.8) is 0 Å². The lowest BCUT2D eigenvalue weighted by atomic mass is 9.88. The molecule has 1 aromatic heterocycles. The second-order valence-corrected chi connectivity index (χ2v) is 8.83. The molecule has 6 rings (SSSR count). The molecule has 12 heteroatoms. The van der Waals surface area contributed by atoms with Crippen molar-refractivity contribution in [2.45, 2.75) is 24.7 Å². The van der Waals surface area contributed by atoms with Gasteiger partial charge in [0.15, 0.2) is 34.6 Å². The molecule has 0 fully saturated rings. The van der Waals surface area contributed by atoms with Gasteiger partial charge >= 0.3 is 11.6 Å². The summed E-state index contributed by atoms with van der Waals surface area (Å²) in [5.74, 6) is -7.11. The van der Waals surface area contributed by atoms with Crippen molar-refractivity contribution < 1.29 is 53.4 Å². The maximum atomic E-state index is 12.6. The number of methoxy groups -OCH3 is 1. The number of hydrogen-bond donors (Lipinski definition) is 4. The molecule has 1 spiro atoms. The molecule has 2 aliphatic heterocycles. The summed E-state index contributed by atoms with van der Waals surface area (Å²) >= 11 is 0. The van der Waals surface area contributed by atoms with E-state index in [0.29, 0.717) is 0 Å². The van der Waals surface area contributed by atoms with Gasteiger partial charge in [-0.15, -0.1) is 0 Å². The van der Waals surface area contributed by atoms with Gasteiger partial charge in [0, 0.05) is 11.1 Å². The molecule has 0 saturated carbocycles. The smallest absolute Gasteiger partial charge is 0.374 e. The Hall–Kier alpha value is -4.84. The van der Waals surface area contributed by atoms with E-state index >= 15 is 0 Å². The number of aromatic hydroxyl groups is 3. The molecule has 37 heavy (non-hydrogen) atoms. The highest BCUT2D eigenvalue weighted by Crippen LogP contribution is 2.56. The minimum absolute atomic E-state index is 0.0362. The van der Waals surface area contributed by atoms with Crippen molar-refractivity contribution in [1.29, 1.82) is 0 Å². The quantitative estimate of drug-likeness (QED) is 0.276. The maximum absolute atomic E-state index is 12.6. The summed E-state index contributed by atoms with van der Waals surface area (Å²) in [6.07, 6.45) is 0.0297. The van der Waals surface area contributed by atoms with Gasteiger partial charge in [-0.05, 0) is 29.7 Å². The Morgan fingerprint density at radius 2 is 1.62 bits per heavy atom. The molecule has 2 atom stereocenters. The molecule has 0 saturated heterocycles. The molecule has 1 aliphatic carbocycles. The van der Waals surface area contributed by atoms with Gasteiger partial charge in [0.2, 0.25) is 5.76 Å². The fourth-order valence-electron chi connectivity index (χ4n) is 5.02. The van der Waals surface area contributed by atoms with E-state index in [9.17, 15) is 39.6 Å². The van der Waals surface area contributed by atoms with Crippen LogP contribution in [0.2, 0.25) is 0 Å². The summed E-state index contributed by atoms with van der Waals surface area (Å²) in [6.45, 7) is 0. The van der Waals surface area contributed by atoms with Crippen molar-refractivity contribution in [3.8, 4) is 28.7 Å². The summed E-state index contributed by atoms with van der Waals surface area (Å²) in [7, 11) is 1.10. The lowest BCUT2D eigenvalue weighted by molar-refractivity contribution is -0.139. The van der Waals surface area contributed by atoms with Crippen LogP contribution >= 0.6 is 0 Å². The first kappa shape index (κ1) is 22.6. The van der Waals surface area contributed by atoms with E-state index in [1.165, 1.54) is 12.1 Å². The monoisotopic (exact) mass is 508 g/mol. The number of phenols is 3. The van der Waals surface area contributed by atoms with Gasteiger partial charge in [-0.25, -0.2) is 9.59 Å². The fourth-order valence-corrected chi connectivity index (χ4v) is 5.02. The SMILES string of the molecule is COC(=O)c1cc2cc3c(c(O)c2c(=O)o1)O[C@@]1(Cc2c(O)c4c(c(O)c2O1)C(=O)C=CC4=O)C[C@H]3O. The van der Waals surface area contributed by atoms with Crippen LogP contribution in [-0.2, 0) is 11.2 Å². The van der Waals surface area contributed by atoms with Gasteiger partial charge in [-0.3, -0.25) is 9.59 Å². The average molecular weight is 508 g/mol. The van der Waals surface area contributed by atoms with E-state index < -0.39 is 63.6 Å². The molecular formula is C25H16O12. The van der Waals surface area contributed by atoms with Gasteiger partial charge in [0.25, 0.3) is 5.79 Å². The number of carbonyl (C=O) groups is 3. The molecule has 3 heterocycles. The Kier molecular flexibility index (Phi) is 4.48. The van der Waals surface area contributed by atoms with Crippen LogP contribution in [0, 0.1) is 0 Å². The van der Waals surface area contributed by atoms with Crippen LogP contribution in [0.4, 0.5) is 0 Å². The Bertz CT molecular complexity index is 1640. The fraction of sp³-hybridized carbons (Fsp3) is 0.200. The largest absolute Gasteiger partial charge is 0.507 e. The van der Waals surface area contributed by atoms with Crippen molar-refractivity contribution in [2.24, 2.45) is 0 Å². The normalized spacial score (nSPS) is 21.3. The van der Waals surface area contributed by atoms with Crippen molar-refractivity contribution >= 4 is 28.3 Å². The summed E-state index contributed by atoms with van der Waals surface area (Å²) in [6, 6.07) is 2.51. The molecule has 2 aromatic carbocycles. The Labute approximate surface area is 205 Å². The highest BCUT2D eigenvalue weighted by Gasteiger charge is 2.52. The molecule has 0 radical (unpaired) electrons. The number of hydrogen-bond acceptors (Lipinski definition) is 12. The number of allylic oxidation sites excluding steroid dienone is 2. The summed E-state index contributed by atoms with van der Waals surface area (Å²) in [4.78, 5) is 49.1. The van der Waals surface area contributed by atoms with E-state index in [1.807, 2.05) is 0 Å². The van der Waals surface area contributed by atoms with Crippen LogP contribution in [0.25, 0.3) is 10.8 Å². The topological polar surface area (TPSA) is 190 Å². The molecule has 3 aromatic rings. The average Bonchev–Trinajstić information content (AvgIpc) is 3.23. The lowest BCUT2D eigenvalue weighted by Crippen LogP contribution is -2.45. The molecule has 188 valence electrons. The number of esters is 1. The molecular weight excluding hydrogens is 492 g/mol. The van der Waals surface area contributed by atoms with Crippen LogP contribution in [0.15, 0.2) is 33.5 Å². The van der Waals surface area contributed by atoms with Gasteiger partial charge in [0.1, 0.15) is 11.1 Å². The Balaban J connectivity index is 1.48. The Morgan fingerprint density at radius 1 is 0.973 bits per heavy atom. The highest BCUT2D eigenvalue weighted by molar-refractivity contribution is 6.25. The number of ether oxygens (including phenoxy) is 3. The third kappa shape index (κ3) is 2.99.